The monoisotopic (exact) mass is 1330 g/mol. The lowest BCUT2D eigenvalue weighted by molar-refractivity contribution is -0.393. The lowest BCUT2D eigenvalue weighted by Gasteiger charge is -2.23. The summed E-state index contributed by atoms with van der Waals surface area (Å²) < 4.78 is 99.9. The van der Waals surface area contributed by atoms with Crippen molar-refractivity contribution in [3.8, 4) is 0 Å². The largest absolute Gasteiger partial charge is 0.416 e. The van der Waals surface area contributed by atoms with E-state index in [-0.39, 0.29) is 65.1 Å². The Bertz CT molecular complexity index is 3340. The molecule has 4 aromatic rings. The molecular weight excluding hydrogens is 1280 g/mol. The van der Waals surface area contributed by atoms with Gasteiger partial charge >= 0.3 is 23.7 Å². The van der Waals surface area contributed by atoms with Gasteiger partial charge in [0.15, 0.2) is 21.9 Å². The fourth-order valence-electron chi connectivity index (χ4n) is 8.25. The van der Waals surface area contributed by atoms with Crippen LogP contribution in [0.5, 0.6) is 0 Å². The van der Waals surface area contributed by atoms with Crippen LogP contribution >= 0.6 is 34.8 Å². The standard InChI is InChI=1S/2C13H16F3N3O4.C12H6Cl3NO3.C12H18N4O6S/c1-3-5-6-17(4-2)12-10(18(20)21)7-9(13(14,15)16)8-11(12)19(22)23;1-3-5-17(6-4-2)12-10(18(20)21)7-9(13(14,15)16)8-11(12)19(22)23;13-7-8(16-12(19)11(14)15)10(18)6-4-2-1-3-5(6)9(7)17;1-3-5-14(6-4-2)12-10(15(17)18)7-9(23(13,21)22)8-11(12)16(19)20/h2*7-8H,3-6H2,1-2H3;1-4,11H,(H,16,19);7-8H,3-6H2,1-2H3,(H2,13,21,22). The molecule has 0 saturated heterocycles. The number of ketones is 2. The number of primary sulfonamides is 1. The van der Waals surface area contributed by atoms with Crippen molar-refractivity contribution in [2.45, 2.75) is 102 Å². The number of fused-ring (bicyclic) bond motifs is 1. The first-order valence-corrected chi connectivity index (χ1v) is 28.6. The van der Waals surface area contributed by atoms with Gasteiger partial charge in [0.05, 0.1) is 45.6 Å². The molecule has 0 aliphatic heterocycles. The van der Waals surface area contributed by atoms with Crippen LogP contribution in [0.1, 0.15) is 112 Å². The third-order valence-electron chi connectivity index (χ3n) is 11.9. The van der Waals surface area contributed by atoms with Gasteiger partial charge in [-0.1, -0.05) is 100 Å². The normalized spacial score (nSPS) is 12.1. The number of hydrogen-bond acceptors (Lipinski definition) is 20. The number of carbonyl (C=O) groups excluding carboxylic acids is 3. The molecule has 88 heavy (non-hydrogen) atoms. The topological polar surface area (TPSA) is 392 Å². The predicted molar refractivity (Wildman–Crippen MR) is 311 cm³/mol. The molecule has 0 heterocycles. The van der Waals surface area contributed by atoms with E-state index in [1.807, 2.05) is 20.8 Å². The van der Waals surface area contributed by atoms with Gasteiger partial charge in [0, 0.05) is 86.8 Å². The number of unbranched alkanes of at least 4 members (excludes halogenated alkanes) is 1. The van der Waals surface area contributed by atoms with Crippen molar-refractivity contribution in [1.82, 2.24) is 5.32 Å². The zero-order valence-corrected chi connectivity index (χ0v) is 50.3. The molecule has 28 nitrogen and oxygen atoms in total. The summed E-state index contributed by atoms with van der Waals surface area (Å²) in [6, 6.07) is 9.09. The molecular formula is C50H56Cl3F6N11O17S. The van der Waals surface area contributed by atoms with Gasteiger partial charge in [-0.2, -0.15) is 26.3 Å². The predicted octanol–water partition coefficient (Wildman–Crippen LogP) is 12.5. The third kappa shape index (κ3) is 20.1. The average Bonchev–Trinajstić information content (AvgIpc) is 1.08. The van der Waals surface area contributed by atoms with Gasteiger partial charge in [-0.15, -0.1) is 0 Å². The number of hydrogen-bond donors (Lipinski definition) is 2. The maximum absolute atomic E-state index is 12.8. The first-order valence-electron chi connectivity index (χ1n) is 25.8. The number of benzene rings is 4. The Morgan fingerprint density at radius 2 is 0.852 bits per heavy atom. The highest BCUT2D eigenvalue weighted by Crippen LogP contribution is 2.45. The number of nitrogens with two attached hydrogens (primary N) is 1. The maximum atomic E-state index is 12.8. The molecule has 0 unspecified atom stereocenters. The number of halogens is 9. The van der Waals surface area contributed by atoms with Crippen LogP contribution in [-0.4, -0.2) is 99.5 Å². The zero-order valence-electron chi connectivity index (χ0n) is 47.2. The smallest absolute Gasteiger partial charge is 0.361 e. The first kappa shape index (κ1) is 75.7. The van der Waals surface area contributed by atoms with E-state index in [4.69, 9.17) is 39.9 Å². The Kier molecular flexibility index (Phi) is 28.5. The number of sulfonamides is 1. The number of nitrogens with one attached hydrogen (secondary N) is 1. The van der Waals surface area contributed by atoms with E-state index in [2.05, 4.69) is 5.32 Å². The van der Waals surface area contributed by atoms with Crippen molar-refractivity contribution >= 4 is 113 Å². The minimum Gasteiger partial charge on any atom is -0.361 e. The highest BCUT2D eigenvalue weighted by Gasteiger charge is 2.41. The Hall–Kier alpha value is -8.41. The Balaban J connectivity index is 0.000000401. The van der Waals surface area contributed by atoms with E-state index < -0.39 is 124 Å². The van der Waals surface area contributed by atoms with E-state index in [1.54, 1.807) is 32.9 Å². The van der Waals surface area contributed by atoms with Crippen LogP contribution in [0.15, 0.2) is 76.3 Å². The Labute approximate surface area is 511 Å². The highest BCUT2D eigenvalue weighted by molar-refractivity contribution is 7.89. The van der Waals surface area contributed by atoms with Crippen molar-refractivity contribution in [3.05, 3.63) is 154 Å². The molecule has 1 aliphatic carbocycles. The fourth-order valence-corrected chi connectivity index (χ4v) is 9.14. The summed E-state index contributed by atoms with van der Waals surface area (Å²) >= 11 is 16.6. The van der Waals surface area contributed by atoms with Crippen molar-refractivity contribution < 1.29 is 78.7 Å². The van der Waals surface area contributed by atoms with E-state index in [0.29, 0.717) is 69.5 Å². The zero-order chi connectivity index (χ0) is 67.5. The van der Waals surface area contributed by atoms with E-state index in [1.165, 1.54) is 26.8 Å². The van der Waals surface area contributed by atoms with Gasteiger partial charge in [-0.3, -0.25) is 75.1 Å². The number of rotatable bonds is 24. The Morgan fingerprint density at radius 3 is 1.11 bits per heavy atom. The van der Waals surface area contributed by atoms with E-state index in [0.717, 1.165) is 18.6 Å². The molecule has 0 saturated carbocycles. The summed E-state index contributed by atoms with van der Waals surface area (Å²) in [5.41, 5.74) is -8.65. The lowest BCUT2D eigenvalue weighted by atomic mass is 9.92. The molecule has 0 fully saturated rings. The van der Waals surface area contributed by atoms with Crippen molar-refractivity contribution in [2.75, 3.05) is 54.0 Å². The summed E-state index contributed by atoms with van der Waals surface area (Å²) in [7, 11) is -4.31. The summed E-state index contributed by atoms with van der Waals surface area (Å²) in [5, 5.41) is 74.1. The molecule has 1 amide bonds. The molecule has 4 aromatic carbocycles. The fraction of sp³-hybridized carbons (Fsp3) is 0.420. The van der Waals surface area contributed by atoms with Gasteiger partial charge < -0.3 is 20.0 Å². The summed E-state index contributed by atoms with van der Waals surface area (Å²) in [4.78, 5) is 99.3. The van der Waals surface area contributed by atoms with Crippen molar-refractivity contribution in [3.63, 3.8) is 0 Å². The van der Waals surface area contributed by atoms with E-state index in [9.17, 15) is 110 Å². The number of carbonyl (C=O) groups is 3. The molecule has 482 valence electrons. The molecule has 0 radical (unpaired) electrons. The second-order valence-corrected chi connectivity index (χ2v) is 21.2. The number of allylic oxidation sites excluding steroid dienone is 2. The molecule has 0 bridgehead atoms. The molecule has 0 aromatic heterocycles. The number of anilines is 3. The molecule has 38 heteroatoms. The van der Waals surface area contributed by atoms with Crippen LogP contribution in [0.2, 0.25) is 0 Å². The number of nitro groups is 6. The van der Waals surface area contributed by atoms with E-state index >= 15 is 0 Å². The molecule has 3 N–H and O–H groups in total. The Morgan fingerprint density at radius 1 is 0.545 bits per heavy atom. The van der Waals surface area contributed by atoms with Gasteiger partial charge in [-0.25, -0.2) is 13.6 Å². The van der Waals surface area contributed by atoms with Crippen molar-refractivity contribution in [2.24, 2.45) is 5.14 Å². The van der Waals surface area contributed by atoms with Crippen LogP contribution < -0.4 is 25.2 Å². The quantitative estimate of drug-likeness (QED) is 0.0285. The van der Waals surface area contributed by atoms with Gasteiger partial charge in [0.25, 0.3) is 28.7 Å². The molecule has 1 aliphatic rings. The van der Waals surface area contributed by atoms with Crippen molar-refractivity contribution in [1.29, 1.82) is 0 Å². The molecule has 5 rings (SSSR count). The highest BCUT2D eigenvalue weighted by atomic mass is 35.5. The minimum absolute atomic E-state index is 0.174. The summed E-state index contributed by atoms with van der Waals surface area (Å²) in [6.07, 6.45) is -6.17. The third-order valence-corrected chi connectivity index (χ3v) is 13.6. The number of alkyl halides is 8. The number of nitro benzene ring substituents is 6. The molecule has 0 atom stereocenters. The minimum atomic E-state index is -4.91. The van der Waals surface area contributed by atoms with Crippen LogP contribution in [0.4, 0.5) is 77.5 Å². The van der Waals surface area contributed by atoms with Crippen LogP contribution in [0.3, 0.4) is 0 Å². The van der Waals surface area contributed by atoms with Gasteiger partial charge in [0.1, 0.15) is 10.7 Å². The summed E-state index contributed by atoms with van der Waals surface area (Å²) in [5.74, 6) is -1.91. The lowest BCUT2D eigenvalue weighted by Crippen LogP contribution is -2.35. The van der Waals surface area contributed by atoms with Gasteiger partial charge in [0.2, 0.25) is 21.6 Å². The number of amides is 1. The second kappa shape index (κ2) is 33.1. The van der Waals surface area contributed by atoms with Crippen LogP contribution in [-0.2, 0) is 27.2 Å². The SMILES string of the molecule is CCCCN(CC)c1c([N+](=O)[O-])cc(C(F)(F)F)cc1[N+](=O)[O-].CCCN(CCC)c1c([N+](=O)[O-])cc(C(F)(F)F)cc1[N+](=O)[O-].CCCN(CCC)c1c([N+](=O)[O-])cc(S(N)(=O)=O)cc1[N+](=O)[O-].O=C1C(Cl)=C(NC(=O)C(Cl)Cl)C(=O)c2ccccc21. The summed E-state index contributed by atoms with van der Waals surface area (Å²) in [6.45, 7) is 12.4. The van der Waals surface area contributed by atoms with Crippen LogP contribution in [0.25, 0.3) is 0 Å². The second-order valence-electron chi connectivity index (χ2n) is 18.2. The molecule has 0 spiro atoms. The van der Waals surface area contributed by atoms with Crippen LogP contribution in [0, 0.1) is 60.7 Å². The number of nitrogens with zero attached hydrogens (tertiary/aromatic N) is 9. The van der Waals surface area contributed by atoms with Gasteiger partial charge in [-0.05, 0) is 39.0 Å². The maximum Gasteiger partial charge on any atom is 0.416 e. The number of Topliss-reactive ketones (excluding diaryl/α,β-unsaturated/α-hetero) is 2. The first-order chi connectivity index (χ1) is 40.8. The average molecular weight is 1340 g/mol.